The monoisotopic (exact) mass is 1040 g/mol. The summed E-state index contributed by atoms with van der Waals surface area (Å²) in [5.41, 5.74) is 12.5. The van der Waals surface area contributed by atoms with Crippen LogP contribution < -0.4 is 21.1 Å². The highest BCUT2D eigenvalue weighted by Gasteiger charge is 2.32. The molecule has 5 aromatic rings. The van der Waals surface area contributed by atoms with Crippen LogP contribution in [0, 0.1) is 0 Å². The lowest BCUT2D eigenvalue weighted by molar-refractivity contribution is -0.132. The van der Waals surface area contributed by atoms with E-state index in [2.05, 4.69) is 48.6 Å². The van der Waals surface area contributed by atoms with Crippen LogP contribution in [0.25, 0.3) is 12.2 Å². The molecule has 5 N–H and O–H groups in total. The Balaban J connectivity index is 0.709. The number of hydrogen-bond donors (Lipinski definition) is 4. The van der Waals surface area contributed by atoms with Crippen molar-refractivity contribution in [1.82, 2.24) is 30.0 Å². The first kappa shape index (κ1) is 52.0. The number of ether oxygens (including phenoxy) is 1. The highest BCUT2D eigenvalue weighted by Crippen LogP contribution is 2.29. The Hall–Kier alpha value is -5.35. The third kappa shape index (κ3) is 14.6. The number of β-amino-alcohol motifs (C(OH)–C–C–N with tert-alkyl or cyclic N) is 1. The van der Waals surface area contributed by atoms with Crippen molar-refractivity contribution in [2.45, 2.75) is 63.3 Å². The Labute approximate surface area is 435 Å². The second kappa shape index (κ2) is 24.9. The number of carbonyl (C=O) groups is 3. The molecular formula is C54H58Cl4N8O5. The Morgan fingerprint density at radius 3 is 2.13 bits per heavy atom. The highest BCUT2D eigenvalue weighted by molar-refractivity contribution is 6.42. The van der Waals surface area contributed by atoms with Gasteiger partial charge in [-0.2, -0.15) is 0 Å². The number of Topliss-reactive ketones (excluding diaryl/α,β-unsaturated/α-hetero) is 1. The van der Waals surface area contributed by atoms with Gasteiger partial charge in [-0.25, -0.2) is 9.97 Å². The van der Waals surface area contributed by atoms with Gasteiger partial charge in [0.1, 0.15) is 23.6 Å². The Kier molecular flexibility index (Phi) is 18.2. The summed E-state index contributed by atoms with van der Waals surface area (Å²) >= 11 is 24.8. The number of nitrogens with one attached hydrogen (secondary N) is 2. The molecular weight excluding hydrogens is 982 g/mol. The fourth-order valence-corrected chi connectivity index (χ4v) is 9.68. The van der Waals surface area contributed by atoms with Crippen LogP contribution in [0.2, 0.25) is 20.1 Å². The smallest absolute Gasteiger partial charge is 0.270 e. The predicted molar refractivity (Wildman–Crippen MR) is 282 cm³/mol. The number of aliphatic hydroxyl groups excluding tert-OH is 1. The number of aromatic nitrogens is 2. The van der Waals surface area contributed by atoms with Gasteiger partial charge >= 0.3 is 0 Å². The van der Waals surface area contributed by atoms with E-state index in [4.69, 9.17) is 56.9 Å². The summed E-state index contributed by atoms with van der Waals surface area (Å²) in [6, 6.07) is 27.3. The van der Waals surface area contributed by atoms with Crippen LogP contribution in [0.1, 0.15) is 64.0 Å². The third-order valence-corrected chi connectivity index (χ3v) is 14.4. The number of hydrogen-bond acceptors (Lipinski definition) is 11. The second-order valence-electron chi connectivity index (χ2n) is 18.4. The van der Waals surface area contributed by atoms with Gasteiger partial charge < -0.3 is 31.1 Å². The minimum atomic E-state index is -0.848. The SMILES string of the molecule is NC(Cc1ccc(OCCCCCCN2CC(Nc3cc(C(=O)NCC(O)CN4CCc5ccccc5C4)ncn3)C2)cc1)C(=O)N1C/C(=C\c2ccc(Cl)c(Cl)c2)C(=O)/C(=C/c2ccc(Cl)c(Cl)c2)C1. The van der Waals surface area contributed by atoms with Crippen molar-refractivity contribution in [3.8, 4) is 5.75 Å². The molecule has 4 heterocycles. The van der Waals surface area contributed by atoms with E-state index in [0.717, 1.165) is 76.1 Å². The van der Waals surface area contributed by atoms with Gasteiger partial charge in [-0.3, -0.25) is 24.2 Å². The van der Waals surface area contributed by atoms with Crippen LogP contribution in [0.15, 0.2) is 108 Å². The maximum atomic E-state index is 13.9. The van der Waals surface area contributed by atoms with Crippen molar-refractivity contribution < 1.29 is 24.2 Å². The van der Waals surface area contributed by atoms with E-state index in [9.17, 15) is 19.5 Å². The molecule has 13 nitrogen and oxygen atoms in total. The fourth-order valence-electron chi connectivity index (χ4n) is 9.07. The molecule has 3 aliphatic rings. The van der Waals surface area contributed by atoms with Crippen molar-refractivity contribution in [3.05, 3.63) is 162 Å². The Morgan fingerprint density at radius 1 is 0.789 bits per heavy atom. The molecule has 71 heavy (non-hydrogen) atoms. The van der Waals surface area contributed by atoms with E-state index in [-0.39, 0.29) is 49.0 Å². The molecule has 0 aliphatic carbocycles. The molecule has 0 radical (unpaired) electrons. The van der Waals surface area contributed by atoms with Crippen molar-refractivity contribution in [3.63, 3.8) is 0 Å². The minimum Gasteiger partial charge on any atom is -0.494 e. The number of likely N-dealkylation sites (tertiary alicyclic amines) is 2. The number of ketones is 1. The summed E-state index contributed by atoms with van der Waals surface area (Å²) in [5.74, 6) is 0.541. The maximum Gasteiger partial charge on any atom is 0.270 e. The molecule has 0 bridgehead atoms. The molecule has 17 heteroatoms. The van der Waals surface area contributed by atoms with Gasteiger partial charge in [-0.15, -0.1) is 0 Å². The molecule has 0 spiro atoms. The van der Waals surface area contributed by atoms with Crippen molar-refractivity contribution >= 4 is 82.0 Å². The molecule has 3 aliphatic heterocycles. The number of carbonyl (C=O) groups excluding carboxylic acids is 3. The average molecular weight is 1040 g/mol. The van der Waals surface area contributed by atoms with Gasteiger partial charge in [0, 0.05) is 69.6 Å². The summed E-state index contributed by atoms with van der Waals surface area (Å²) < 4.78 is 6.03. The number of benzene rings is 4. The number of anilines is 1. The molecule has 8 rings (SSSR count). The van der Waals surface area contributed by atoms with Gasteiger partial charge in [0.15, 0.2) is 5.78 Å². The summed E-state index contributed by atoms with van der Waals surface area (Å²) in [7, 11) is 0. The first-order chi connectivity index (χ1) is 34.3. The number of unbranched alkanes of at least 4 members (excludes halogenated alkanes) is 3. The van der Waals surface area contributed by atoms with Gasteiger partial charge in [0.25, 0.3) is 5.91 Å². The van der Waals surface area contributed by atoms with Gasteiger partial charge in [-0.05, 0) is 109 Å². The van der Waals surface area contributed by atoms with Crippen LogP contribution in [-0.4, -0.2) is 125 Å². The van der Waals surface area contributed by atoms with E-state index >= 15 is 0 Å². The number of piperidine rings is 1. The summed E-state index contributed by atoms with van der Waals surface area (Å²) in [6.45, 7) is 5.88. The molecule has 2 atom stereocenters. The molecule has 2 amide bonds. The second-order valence-corrected chi connectivity index (χ2v) is 20.1. The van der Waals surface area contributed by atoms with Crippen LogP contribution in [0.5, 0.6) is 5.75 Å². The number of fused-ring (bicyclic) bond motifs is 1. The van der Waals surface area contributed by atoms with Crippen molar-refractivity contribution in [2.24, 2.45) is 5.73 Å². The van der Waals surface area contributed by atoms with Crippen LogP contribution in [-0.2, 0) is 29.0 Å². The lowest BCUT2D eigenvalue weighted by Crippen LogP contribution is -2.54. The maximum absolute atomic E-state index is 13.9. The normalized spacial score (nSPS) is 17.4. The van der Waals surface area contributed by atoms with Gasteiger partial charge in [-0.1, -0.05) is 108 Å². The zero-order valence-electron chi connectivity index (χ0n) is 39.3. The number of nitrogens with two attached hydrogens (primary N) is 1. The topological polar surface area (TPSA) is 166 Å². The zero-order valence-corrected chi connectivity index (χ0v) is 42.4. The summed E-state index contributed by atoms with van der Waals surface area (Å²) in [5, 5.41) is 18.4. The summed E-state index contributed by atoms with van der Waals surface area (Å²) in [4.78, 5) is 55.2. The highest BCUT2D eigenvalue weighted by atomic mass is 35.5. The average Bonchev–Trinajstić information content (AvgIpc) is 3.35. The standard InChI is InChI=1S/C54H58Cl4N8O5/c55-45-15-11-36(23-47(45)57)21-40-29-66(30-41(52(40)68)22-37-12-16-46(56)48(58)24-37)54(70)49(59)25-35-9-13-44(14-10-35)71-20-6-2-1-5-18-64-31-42(32-64)63-51-26-50(61-34-62-51)53(69)60-27-43(67)33-65-19-17-38-7-3-4-8-39(38)28-65/h3-4,7-16,21-24,26,34,42-43,49,67H,1-2,5-6,17-20,25,27-33,59H2,(H,60,69)(H,61,62,63)/b40-21+,41-22+. The first-order valence-corrected chi connectivity index (χ1v) is 25.5. The molecule has 2 fully saturated rings. The molecule has 0 saturated carbocycles. The summed E-state index contributed by atoms with van der Waals surface area (Å²) in [6.07, 6.45) is 9.57. The molecule has 1 aromatic heterocycles. The van der Waals surface area contributed by atoms with Crippen LogP contribution >= 0.6 is 46.4 Å². The molecule has 372 valence electrons. The molecule has 2 unspecified atom stereocenters. The molecule has 4 aromatic carbocycles. The predicted octanol–water partition coefficient (Wildman–Crippen LogP) is 8.42. The zero-order chi connectivity index (χ0) is 49.9. The number of aliphatic hydroxyl groups is 1. The number of rotatable bonds is 20. The largest absolute Gasteiger partial charge is 0.494 e. The fraction of sp³-hybridized carbons (Fsp3) is 0.352. The van der Waals surface area contributed by atoms with Gasteiger partial charge in [0.05, 0.1) is 44.9 Å². The van der Waals surface area contributed by atoms with E-state index in [1.165, 1.54) is 17.5 Å². The Bertz CT molecular complexity index is 2680. The molecule has 2 saturated heterocycles. The van der Waals surface area contributed by atoms with Crippen LogP contribution in [0.4, 0.5) is 5.82 Å². The van der Waals surface area contributed by atoms with Gasteiger partial charge in [0.2, 0.25) is 5.91 Å². The number of amides is 2. The minimum absolute atomic E-state index is 0.0771. The Morgan fingerprint density at radius 2 is 1.45 bits per heavy atom. The van der Waals surface area contributed by atoms with E-state index in [1.807, 2.05) is 30.3 Å². The van der Waals surface area contributed by atoms with E-state index in [1.54, 1.807) is 59.5 Å². The first-order valence-electron chi connectivity index (χ1n) is 24.0. The third-order valence-electron chi connectivity index (χ3n) is 12.9. The lowest BCUT2D eigenvalue weighted by Gasteiger charge is -2.39. The van der Waals surface area contributed by atoms with E-state index in [0.29, 0.717) is 67.8 Å². The van der Waals surface area contributed by atoms with E-state index < -0.39 is 12.1 Å². The van der Waals surface area contributed by atoms with Crippen molar-refractivity contribution in [2.75, 3.05) is 64.3 Å². The quantitative estimate of drug-likeness (QED) is 0.0437. The number of halogens is 4. The van der Waals surface area contributed by atoms with Crippen LogP contribution in [0.3, 0.4) is 0 Å². The lowest BCUT2D eigenvalue weighted by atomic mass is 9.93. The number of nitrogens with zero attached hydrogens (tertiary/aromatic N) is 5. The van der Waals surface area contributed by atoms with Crippen molar-refractivity contribution in [1.29, 1.82) is 0 Å².